The number of aryl methyl sites for hydroxylation is 1. The second kappa shape index (κ2) is 9.32. The molecule has 0 spiro atoms. The highest BCUT2D eigenvalue weighted by atomic mass is 79.9. The largest absolute Gasteiger partial charge is 0.505 e. The topological polar surface area (TPSA) is 76.2 Å². The minimum absolute atomic E-state index is 0.762. The zero-order valence-corrected chi connectivity index (χ0v) is 18.2. The Morgan fingerprint density at radius 1 is 1.13 bits per heavy atom. The van der Waals surface area contributed by atoms with Crippen molar-refractivity contribution in [3.63, 3.8) is 0 Å². The number of amides is 1. The lowest BCUT2D eigenvalue weighted by atomic mass is 10.0. The number of phenols is 1. The number of carbonyl (C=O) groups is 1. The quantitative estimate of drug-likeness (QED) is 0.349. The van der Waals surface area contributed by atoms with Gasteiger partial charge >= 0.3 is 0 Å². The molecule has 0 aliphatic carbocycles. The average Bonchev–Trinajstić information content (AvgIpc) is 3.14. The van der Waals surface area contributed by atoms with Crippen molar-refractivity contribution >= 4 is 43.4 Å². The van der Waals surface area contributed by atoms with Gasteiger partial charge in [-0.2, -0.15) is 0 Å². The molecule has 0 saturated heterocycles. The number of hydrogen-bond acceptors (Lipinski definition) is 4. The summed E-state index contributed by atoms with van der Waals surface area (Å²) in [5.74, 6) is -4.47. The summed E-state index contributed by atoms with van der Waals surface area (Å²) in [6.45, 7) is 2.12. The molecule has 0 saturated carbocycles. The lowest BCUT2D eigenvalue weighted by Gasteiger charge is -2.02. The van der Waals surface area contributed by atoms with Gasteiger partial charge in [0.2, 0.25) is 0 Å². The third-order valence-electron chi connectivity index (χ3n) is 4.21. The number of phenolic OH excluding ortho intramolecular Hbond substituents is 1. The Balaban J connectivity index is 0.000000187. The number of rotatable bonds is 3. The van der Waals surface area contributed by atoms with E-state index in [4.69, 9.17) is 5.11 Å². The third kappa shape index (κ3) is 4.83. The molecule has 154 valence electrons. The van der Waals surface area contributed by atoms with Crippen LogP contribution in [0.5, 0.6) is 5.75 Å². The first-order chi connectivity index (χ1) is 14.3. The van der Waals surface area contributed by atoms with Crippen LogP contribution in [-0.4, -0.2) is 16.0 Å². The van der Waals surface area contributed by atoms with E-state index in [-0.39, 0.29) is 0 Å². The second-order valence-corrected chi connectivity index (χ2v) is 8.09. The summed E-state index contributed by atoms with van der Waals surface area (Å²) in [6.07, 6.45) is 0. The molecule has 3 aromatic carbocycles. The first-order valence-electron chi connectivity index (χ1n) is 8.79. The van der Waals surface area contributed by atoms with Gasteiger partial charge in [0.15, 0.2) is 11.6 Å². The number of halogens is 3. The van der Waals surface area contributed by atoms with E-state index in [1.54, 1.807) is 11.3 Å². The van der Waals surface area contributed by atoms with Crippen molar-refractivity contribution in [2.75, 3.05) is 0 Å². The standard InChI is InChI=1S/C15H12BrNS.C7H5F2NO2/c1-10-3-2-4-11(7-10)12-5-6-14-13(8-12)17-15(9-16)18-14;8-3-1-2-4(11)6(9)5(3)7(10)12/h2-8H,9H2,1H3;1-2,11H,(H2,10,12). The van der Waals surface area contributed by atoms with E-state index >= 15 is 0 Å². The van der Waals surface area contributed by atoms with Gasteiger partial charge in [-0.25, -0.2) is 13.8 Å². The van der Waals surface area contributed by atoms with Crippen LogP contribution < -0.4 is 5.73 Å². The molecule has 8 heteroatoms. The zero-order valence-electron chi connectivity index (χ0n) is 15.8. The van der Waals surface area contributed by atoms with Crippen LogP contribution in [0.25, 0.3) is 21.3 Å². The molecule has 30 heavy (non-hydrogen) atoms. The Kier molecular flexibility index (Phi) is 6.79. The summed E-state index contributed by atoms with van der Waals surface area (Å²) in [5, 5.41) is 10.7. The SMILES string of the molecule is Cc1cccc(-c2ccc3sc(CBr)nc3c2)c1.NC(=O)c1c(F)ccc(O)c1F. The predicted octanol–water partition coefficient (Wildman–Crippen LogP) is 5.94. The molecule has 0 bridgehead atoms. The van der Waals surface area contributed by atoms with Crippen LogP contribution >= 0.6 is 27.3 Å². The minimum Gasteiger partial charge on any atom is -0.505 e. The number of carbonyl (C=O) groups excluding carboxylic acids is 1. The molecule has 4 nitrogen and oxygen atoms in total. The number of benzene rings is 3. The van der Waals surface area contributed by atoms with Crippen LogP contribution in [0.3, 0.4) is 0 Å². The summed E-state index contributed by atoms with van der Waals surface area (Å²) < 4.78 is 26.6. The van der Waals surface area contributed by atoms with Crippen LogP contribution in [0.15, 0.2) is 54.6 Å². The normalized spacial score (nSPS) is 10.5. The maximum atomic E-state index is 12.7. The van der Waals surface area contributed by atoms with Gasteiger partial charge in [-0.05, 0) is 42.3 Å². The fourth-order valence-corrected chi connectivity index (χ4v) is 4.07. The number of thiazole rings is 1. The number of hydrogen-bond donors (Lipinski definition) is 2. The van der Waals surface area contributed by atoms with Crippen molar-refractivity contribution < 1.29 is 18.7 Å². The van der Waals surface area contributed by atoms with E-state index in [2.05, 4.69) is 76.0 Å². The van der Waals surface area contributed by atoms with Crippen LogP contribution in [-0.2, 0) is 5.33 Å². The summed E-state index contributed by atoms with van der Waals surface area (Å²) >= 11 is 5.20. The Labute approximate surface area is 184 Å². The molecule has 1 amide bonds. The molecule has 0 radical (unpaired) electrons. The number of nitrogens with two attached hydrogens (primary N) is 1. The van der Waals surface area contributed by atoms with Gasteiger partial charge in [0.1, 0.15) is 16.4 Å². The minimum atomic E-state index is -1.33. The van der Waals surface area contributed by atoms with E-state index in [0.717, 1.165) is 28.0 Å². The predicted molar refractivity (Wildman–Crippen MR) is 119 cm³/mol. The number of nitrogens with zero attached hydrogens (tertiary/aromatic N) is 1. The summed E-state index contributed by atoms with van der Waals surface area (Å²) in [5.41, 5.74) is 8.60. The van der Waals surface area contributed by atoms with E-state index in [9.17, 15) is 13.6 Å². The lowest BCUT2D eigenvalue weighted by Crippen LogP contribution is -2.15. The molecule has 0 aliphatic heterocycles. The van der Waals surface area contributed by atoms with Crippen LogP contribution in [0.1, 0.15) is 20.9 Å². The first-order valence-corrected chi connectivity index (χ1v) is 10.7. The lowest BCUT2D eigenvalue weighted by molar-refractivity contribution is 0.0991. The van der Waals surface area contributed by atoms with Gasteiger partial charge in [-0.3, -0.25) is 4.79 Å². The van der Waals surface area contributed by atoms with E-state index < -0.39 is 28.9 Å². The molecule has 4 rings (SSSR count). The van der Waals surface area contributed by atoms with E-state index in [0.29, 0.717) is 0 Å². The van der Waals surface area contributed by atoms with Crippen molar-refractivity contribution in [3.8, 4) is 16.9 Å². The van der Waals surface area contributed by atoms with Crippen LogP contribution in [0.2, 0.25) is 0 Å². The summed E-state index contributed by atoms with van der Waals surface area (Å²) in [7, 11) is 0. The molecule has 1 heterocycles. The van der Waals surface area contributed by atoms with E-state index in [1.165, 1.54) is 21.4 Å². The average molecular weight is 491 g/mol. The van der Waals surface area contributed by atoms with Gasteiger partial charge in [-0.15, -0.1) is 11.3 Å². The molecule has 0 unspecified atom stereocenters. The molecule has 3 N–H and O–H groups in total. The highest BCUT2D eigenvalue weighted by Gasteiger charge is 2.17. The number of primary amides is 1. The smallest absolute Gasteiger partial charge is 0.254 e. The maximum Gasteiger partial charge on any atom is 0.254 e. The molecule has 0 fully saturated rings. The fourth-order valence-electron chi connectivity index (χ4n) is 2.80. The molecule has 1 aromatic heterocycles. The van der Waals surface area contributed by atoms with Crippen molar-refractivity contribution in [3.05, 3.63) is 82.4 Å². The van der Waals surface area contributed by atoms with E-state index in [1.807, 2.05) is 0 Å². The van der Waals surface area contributed by atoms with Gasteiger partial charge in [0.05, 0.1) is 15.5 Å². The molecule has 4 aromatic rings. The van der Waals surface area contributed by atoms with Crippen molar-refractivity contribution in [1.82, 2.24) is 4.98 Å². The summed E-state index contributed by atoms with van der Waals surface area (Å²) in [6, 6.07) is 16.6. The summed E-state index contributed by atoms with van der Waals surface area (Å²) in [4.78, 5) is 15.0. The molecular weight excluding hydrogens is 474 g/mol. The number of aromatic hydroxyl groups is 1. The number of fused-ring (bicyclic) bond motifs is 1. The first kappa shape index (κ1) is 21.9. The highest BCUT2D eigenvalue weighted by molar-refractivity contribution is 9.08. The van der Waals surface area contributed by atoms with Gasteiger partial charge in [0.25, 0.3) is 5.91 Å². The van der Waals surface area contributed by atoms with Crippen LogP contribution in [0.4, 0.5) is 8.78 Å². The Morgan fingerprint density at radius 3 is 2.50 bits per heavy atom. The zero-order chi connectivity index (χ0) is 21.8. The molecular formula is C22H17BrF2N2O2S. The number of alkyl halides is 1. The highest BCUT2D eigenvalue weighted by Crippen LogP contribution is 2.29. The fraction of sp³-hybridized carbons (Fsp3) is 0.0909. The molecule has 0 aliphatic rings. The van der Waals surface area contributed by atoms with Crippen LogP contribution in [0, 0.1) is 18.6 Å². The van der Waals surface area contributed by atoms with Crippen molar-refractivity contribution in [1.29, 1.82) is 0 Å². The Bertz CT molecular complexity index is 1230. The third-order valence-corrected chi connectivity index (χ3v) is 6.15. The number of aromatic nitrogens is 1. The molecule has 0 atom stereocenters. The van der Waals surface area contributed by atoms with Gasteiger partial charge in [-0.1, -0.05) is 51.8 Å². The monoisotopic (exact) mass is 490 g/mol. The Morgan fingerprint density at radius 2 is 1.87 bits per heavy atom. The van der Waals surface area contributed by atoms with Crippen molar-refractivity contribution in [2.24, 2.45) is 5.73 Å². The maximum absolute atomic E-state index is 12.7. The van der Waals surface area contributed by atoms with Gasteiger partial charge < -0.3 is 10.8 Å². The second-order valence-electron chi connectivity index (χ2n) is 6.41. The van der Waals surface area contributed by atoms with Gasteiger partial charge in [0, 0.05) is 0 Å². The Hall–Kier alpha value is -2.84. The van der Waals surface area contributed by atoms with Crippen molar-refractivity contribution in [2.45, 2.75) is 12.3 Å².